The topological polar surface area (TPSA) is 61.8 Å². The van der Waals surface area contributed by atoms with Crippen molar-refractivity contribution in [3.05, 3.63) is 77.1 Å². The molecule has 194 valence electrons. The van der Waals surface area contributed by atoms with E-state index in [4.69, 9.17) is 4.74 Å². The van der Waals surface area contributed by atoms with Crippen LogP contribution in [0.5, 0.6) is 5.75 Å². The van der Waals surface area contributed by atoms with Crippen molar-refractivity contribution in [2.45, 2.75) is 52.5 Å². The standard InChI is InChI=1S/C21H27NO3.C9H12FN/c1-2-18-19-10-8-17(15-16(19)7-9-20(18)21(23)24)25-14-6-13-22-11-4-3-5-12-22;1-2-11-7-8-5-3-4-6-9(8)10/h7-10,15H,2-6,11-14H2,1H3,(H,23,24);3-6,11H,2,7H2,1H3. The van der Waals surface area contributed by atoms with Crippen molar-refractivity contribution < 1.29 is 19.0 Å². The van der Waals surface area contributed by atoms with Gasteiger partial charge in [-0.05, 0) is 85.9 Å². The van der Waals surface area contributed by atoms with Crippen molar-refractivity contribution in [2.24, 2.45) is 0 Å². The minimum Gasteiger partial charge on any atom is -0.494 e. The van der Waals surface area contributed by atoms with E-state index >= 15 is 0 Å². The van der Waals surface area contributed by atoms with Gasteiger partial charge in [-0.3, -0.25) is 0 Å². The first-order valence-electron chi connectivity index (χ1n) is 13.1. The summed E-state index contributed by atoms with van der Waals surface area (Å²) in [5.74, 6) is -0.137. The number of aryl methyl sites for hydroxylation is 1. The maximum Gasteiger partial charge on any atom is 0.335 e. The Morgan fingerprint density at radius 2 is 1.83 bits per heavy atom. The Morgan fingerprint density at radius 3 is 2.53 bits per heavy atom. The monoisotopic (exact) mass is 494 g/mol. The van der Waals surface area contributed by atoms with E-state index in [0.717, 1.165) is 53.8 Å². The number of hydrogen-bond acceptors (Lipinski definition) is 4. The molecule has 4 rings (SSSR count). The summed E-state index contributed by atoms with van der Waals surface area (Å²) in [6, 6.07) is 16.3. The fourth-order valence-corrected chi connectivity index (χ4v) is 4.61. The lowest BCUT2D eigenvalue weighted by molar-refractivity contribution is 0.0696. The normalized spacial score (nSPS) is 13.8. The van der Waals surface area contributed by atoms with E-state index in [0.29, 0.717) is 18.5 Å². The maximum absolute atomic E-state index is 12.9. The first-order chi connectivity index (χ1) is 17.5. The predicted octanol–water partition coefficient (Wildman–Crippen LogP) is 6.29. The molecule has 0 atom stereocenters. The van der Waals surface area contributed by atoms with Gasteiger partial charge in [-0.15, -0.1) is 0 Å². The SMILES string of the molecule is CCNCc1ccccc1F.CCc1c(C(=O)O)ccc2cc(OCCCN3CCCCC3)ccc12. The lowest BCUT2D eigenvalue weighted by atomic mass is 9.97. The van der Waals surface area contributed by atoms with Crippen LogP contribution in [-0.4, -0.2) is 48.8 Å². The molecule has 1 saturated heterocycles. The van der Waals surface area contributed by atoms with Crippen LogP contribution in [0.2, 0.25) is 0 Å². The number of carbonyl (C=O) groups is 1. The third-order valence-electron chi connectivity index (χ3n) is 6.55. The molecule has 36 heavy (non-hydrogen) atoms. The van der Waals surface area contributed by atoms with E-state index in [1.807, 2.05) is 44.2 Å². The van der Waals surface area contributed by atoms with Gasteiger partial charge in [0.2, 0.25) is 0 Å². The Labute approximate surface area is 214 Å². The van der Waals surface area contributed by atoms with Crippen molar-refractivity contribution in [2.75, 3.05) is 32.8 Å². The van der Waals surface area contributed by atoms with Gasteiger partial charge >= 0.3 is 5.97 Å². The number of likely N-dealkylation sites (tertiary alicyclic amines) is 1. The zero-order valence-electron chi connectivity index (χ0n) is 21.6. The number of ether oxygens (including phenoxy) is 1. The van der Waals surface area contributed by atoms with E-state index in [2.05, 4.69) is 10.2 Å². The van der Waals surface area contributed by atoms with Crippen LogP contribution in [0.1, 0.15) is 61.0 Å². The van der Waals surface area contributed by atoms with Crippen LogP contribution < -0.4 is 10.1 Å². The Morgan fingerprint density at radius 1 is 1.06 bits per heavy atom. The molecule has 0 unspecified atom stereocenters. The van der Waals surface area contributed by atoms with Crippen LogP contribution in [0, 0.1) is 5.82 Å². The number of hydrogen-bond donors (Lipinski definition) is 2. The Balaban J connectivity index is 0.000000275. The molecule has 0 spiro atoms. The van der Waals surface area contributed by atoms with Crippen molar-refractivity contribution in [3.8, 4) is 5.75 Å². The zero-order chi connectivity index (χ0) is 25.8. The van der Waals surface area contributed by atoms with E-state index < -0.39 is 5.97 Å². The van der Waals surface area contributed by atoms with Crippen LogP contribution in [-0.2, 0) is 13.0 Å². The van der Waals surface area contributed by atoms with Gasteiger partial charge in [0.15, 0.2) is 0 Å². The molecule has 1 heterocycles. The number of carboxylic acid groups (broad SMARTS) is 1. The summed E-state index contributed by atoms with van der Waals surface area (Å²) < 4.78 is 18.8. The summed E-state index contributed by atoms with van der Waals surface area (Å²) in [6.07, 6.45) is 5.76. The first-order valence-corrected chi connectivity index (χ1v) is 13.1. The molecule has 1 aliphatic heterocycles. The third-order valence-corrected chi connectivity index (χ3v) is 6.55. The number of nitrogens with one attached hydrogen (secondary N) is 1. The van der Waals surface area contributed by atoms with Gasteiger partial charge in [-0.2, -0.15) is 0 Å². The molecule has 1 fully saturated rings. The van der Waals surface area contributed by atoms with E-state index in [1.165, 1.54) is 38.4 Å². The molecule has 0 radical (unpaired) electrons. The van der Waals surface area contributed by atoms with Gasteiger partial charge in [0.1, 0.15) is 11.6 Å². The van der Waals surface area contributed by atoms with E-state index in [-0.39, 0.29) is 5.82 Å². The highest BCUT2D eigenvalue weighted by molar-refractivity contribution is 5.98. The van der Waals surface area contributed by atoms with Crippen LogP contribution >= 0.6 is 0 Å². The summed E-state index contributed by atoms with van der Waals surface area (Å²) in [4.78, 5) is 13.9. The lowest BCUT2D eigenvalue weighted by Crippen LogP contribution is -2.31. The van der Waals surface area contributed by atoms with Gasteiger partial charge < -0.3 is 20.1 Å². The van der Waals surface area contributed by atoms with E-state index in [9.17, 15) is 14.3 Å². The third kappa shape index (κ3) is 8.04. The Bertz CT molecular complexity index is 1110. The summed E-state index contributed by atoms with van der Waals surface area (Å²) in [7, 11) is 0. The quantitative estimate of drug-likeness (QED) is 0.324. The molecule has 0 aliphatic carbocycles. The van der Waals surface area contributed by atoms with Gasteiger partial charge in [-0.25, -0.2) is 9.18 Å². The smallest absolute Gasteiger partial charge is 0.335 e. The molecular formula is C30H39FN2O3. The molecule has 0 aromatic heterocycles. The van der Waals surface area contributed by atoms with Crippen molar-refractivity contribution in [1.82, 2.24) is 10.2 Å². The number of aromatic carboxylic acids is 1. The second-order valence-electron chi connectivity index (χ2n) is 9.11. The van der Waals surface area contributed by atoms with Crippen LogP contribution in [0.15, 0.2) is 54.6 Å². The van der Waals surface area contributed by atoms with Crippen molar-refractivity contribution in [1.29, 1.82) is 0 Å². The summed E-state index contributed by atoms with van der Waals surface area (Å²) in [5.41, 5.74) is 2.01. The number of nitrogens with zero attached hydrogens (tertiary/aromatic N) is 1. The minimum absolute atomic E-state index is 0.131. The fourth-order valence-electron chi connectivity index (χ4n) is 4.61. The van der Waals surface area contributed by atoms with E-state index in [1.54, 1.807) is 18.2 Å². The molecule has 0 amide bonds. The molecule has 6 heteroatoms. The molecule has 3 aromatic carbocycles. The number of halogens is 1. The van der Waals surface area contributed by atoms with Gasteiger partial charge in [-0.1, -0.05) is 50.6 Å². The lowest BCUT2D eigenvalue weighted by Gasteiger charge is -2.26. The number of rotatable bonds is 10. The number of piperidine rings is 1. The second-order valence-corrected chi connectivity index (χ2v) is 9.11. The summed E-state index contributed by atoms with van der Waals surface area (Å²) in [6.45, 7) is 9.75. The Kier molecular flexibility index (Phi) is 11.2. The number of fused-ring (bicyclic) bond motifs is 1. The highest BCUT2D eigenvalue weighted by Crippen LogP contribution is 2.27. The summed E-state index contributed by atoms with van der Waals surface area (Å²) in [5, 5.41) is 14.4. The largest absolute Gasteiger partial charge is 0.494 e. The van der Waals surface area contributed by atoms with Crippen LogP contribution in [0.3, 0.4) is 0 Å². The second kappa shape index (κ2) is 14.6. The fraction of sp³-hybridized carbons (Fsp3) is 0.433. The van der Waals surface area contributed by atoms with Gasteiger partial charge in [0, 0.05) is 18.7 Å². The van der Waals surface area contributed by atoms with Crippen molar-refractivity contribution in [3.63, 3.8) is 0 Å². The molecule has 1 aliphatic rings. The first kappa shape index (κ1) is 27.6. The average molecular weight is 495 g/mol. The van der Waals surface area contributed by atoms with Crippen LogP contribution in [0.25, 0.3) is 10.8 Å². The minimum atomic E-state index is -0.864. The van der Waals surface area contributed by atoms with Crippen molar-refractivity contribution >= 4 is 16.7 Å². The number of benzene rings is 3. The van der Waals surface area contributed by atoms with Gasteiger partial charge in [0.05, 0.1) is 12.2 Å². The summed E-state index contributed by atoms with van der Waals surface area (Å²) >= 11 is 0. The molecule has 0 bridgehead atoms. The molecule has 0 saturated carbocycles. The highest BCUT2D eigenvalue weighted by atomic mass is 19.1. The predicted molar refractivity (Wildman–Crippen MR) is 144 cm³/mol. The Hall–Kier alpha value is -2.96. The number of carboxylic acids is 1. The molecule has 5 nitrogen and oxygen atoms in total. The average Bonchev–Trinajstić information content (AvgIpc) is 2.90. The molecule has 3 aromatic rings. The molecular weight excluding hydrogens is 455 g/mol. The van der Waals surface area contributed by atoms with Crippen LogP contribution in [0.4, 0.5) is 4.39 Å². The zero-order valence-corrected chi connectivity index (χ0v) is 21.6. The van der Waals surface area contributed by atoms with Gasteiger partial charge in [0.25, 0.3) is 0 Å². The highest BCUT2D eigenvalue weighted by Gasteiger charge is 2.13. The molecule has 2 N–H and O–H groups in total. The maximum atomic E-state index is 12.9.